The van der Waals surface area contributed by atoms with Crippen LogP contribution in [0.3, 0.4) is 0 Å². The molecule has 1 atom stereocenters. The standard InChI is InChI=1S/C9H17NO/c1-5-7-8(3)10(4)9(11)6-2/h6,8H,2,5,7H2,1,3-4H3. The summed E-state index contributed by atoms with van der Waals surface area (Å²) >= 11 is 0. The van der Waals surface area contributed by atoms with Gasteiger partial charge < -0.3 is 4.90 Å². The van der Waals surface area contributed by atoms with Crippen LogP contribution in [0.25, 0.3) is 0 Å². The first-order chi connectivity index (χ1) is 5.13. The van der Waals surface area contributed by atoms with Gasteiger partial charge in [0.1, 0.15) is 0 Å². The Morgan fingerprint density at radius 1 is 1.73 bits per heavy atom. The van der Waals surface area contributed by atoms with E-state index in [4.69, 9.17) is 0 Å². The molecule has 0 spiro atoms. The molecule has 0 aliphatic carbocycles. The lowest BCUT2D eigenvalue weighted by molar-refractivity contribution is -0.126. The molecule has 0 saturated heterocycles. The minimum absolute atomic E-state index is 0.00551. The molecule has 11 heavy (non-hydrogen) atoms. The first kappa shape index (κ1) is 10.2. The molecular formula is C9H17NO. The van der Waals surface area contributed by atoms with Crippen LogP contribution in [0.4, 0.5) is 0 Å². The van der Waals surface area contributed by atoms with Crippen molar-refractivity contribution in [3.8, 4) is 0 Å². The number of hydrogen-bond donors (Lipinski definition) is 0. The maximum Gasteiger partial charge on any atom is 0.245 e. The molecule has 0 fully saturated rings. The monoisotopic (exact) mass is 155 g/mol. The smallest absolute Gasteiger partial charge is 0.245 e. The molecule has 0 N–H and O–H groups in total. The first-order valence-electron chi connectivity index (χ1n) is 4.02. The van der Waals surface area contributed by atoms with Gasteiger partial charge in [-0.1, -0.05) is 19.9 Å². The Bertz CT molecular complexity index is 142. The summed E-state index contributed by atoms with van der Waals surface area (Å²) in [6.07, 6.45) is 3.51. The largest absolute Gasteiger partial charge is 0.340 e. The number of amides is 1. The van der Waals surface area contributed by atoms with Crippen molar-refractivity contribution in [2.45, 2.75) is 32.7 Å². The summed E-state index contributed by atoms with van der Waals surface area (Å²) < 4.78 is 0. The lowest BCUT2D eigenvalue weighted by atomic mass is 10.2. The first-order valence-corrected chi connectivity index (χ1v) is 4.02. The van der Waals surface area contributed by atoms with Gasteiger partial charge in [0.25, 0.3) is 0 Å². The SMILES string of the molecule is C=CC(=O)N(C)C(C)CCC. The van der Waals surface area contributed by atoms with Crippen LogP contribution in [0.2, 0.25) is 0 Å². The molecule has 0 radical (unpaired) electrons. The van der Waals surface area contributed by atoms with Gasteiger partial charge in [-0.25, -0.2) is 0 Å². The third kappa shape index (κ3) is 3.21. The second-order valence-corrected chi connectivity index (χ2v) is 2.79. The van der Waals surface area contributed by atoms with Gasteiger partial charge in [0, 0.05) is 13.1 Å². The van der Waals surface area contributed by atoms with Crippen molar-refractivity contribution < 1.29 is 4.79 Å². The van der Waals surface area contributed by atoms with Crippen LogP contribution in [0, 0.1) is 0 Å². The molecule has 1 amide bonds. The fraction of sp³-hybridized carbons (Fsp3) is 0.667. The molecule has 0 rings (SSSR count). The molecule has 0 saturated carbocycles. The van der Waals surface area contributed by atoms with Gasteiger partial charge in [-0.2, -0.15) is 0 Å². The Kier molecular flexibility index (Phi) is 4.59. The molecule has 0 aliphatic heterocycles. The third-order valence-electron chi connectivity index (χ3n) is 1.89. The highest BCUT2D eigenvalue weighted by Crippen LogP contribution is 2.03. The third-order valence-corrected chi connectivity index (χ3v) is 1.89. The Morgan fingerprint density at radius 3 is 2.64 bits per heavy atom. The normalized spacial score (nSPS) is 12.3. The lowest BCUT2D eigenvalue weighted by Crippen LogP contribution is -2.33. The van der Waals surface area contributed by atoms with Gasteiger partial charge in [0.2, 0.25) is 5.91 Å². The van der Waals surface area contributed by atoms with Crippen molar-refractivity contribution in [2.75, 3.05) is 7.05 Å². The van der Waals surface area contributed by atoms with E-state index in [9.17, 15) is 4.79 Å². The molecule has 2 heteroatoms. The molecule has 0 aromatic carbocycles. The zero-order valence-electron chi connectivity index (χ0n) is 7.63. The van der Waals surface area contributed by atoms with Crippen molar-refractivity contribution in [1.82, 2.24) is 4.90 Å². The predicted octanol–water partition coefficient (Wildman–Crippen LogP) is 1.82. The Balaban J connectivity index is 3.89. The van der Waals surface area contributed by atoms with Crippen LogP contribution in [-0.2, 0) is 4.79 Å². The van der Waals surface area contributed by atoms with E-state index in [2.05, 4.69) is 13.5 Å². The summed E-state index contributed by atoms with van der Waals surface area (Å²) in [4.78, 5) is 12.8. The van der Waals surface area contributed by atoms with Gasteiger partial charge in [0.05, 0.1) is 0 Å². The minimum atomic E-state index is 0.00551. The number of nitrogens with zero attached hydrogens (tertiary/aromatic N) is 1. The van der Waals surface area contributed by atoms with Gasteiger partial charge in [-0.05, 0) is 19.4 Å². The average molecular weight is 155 g/mol. The summed E-state index contributed by atoms with van der Waals surface area (Å²) in [5.74, 6) is 0.00551. The van der Waals surface area contributed by atoms with Crippen molar-refractivity contribution in [3.05, 3.63) is 12.7 Å². The zero-order valence-corrected chi connectivity index (χ0v) is 7.63. The van der Waals surface area contributed by atoms with Crippen LogP contribution in [0.15, 0.2) is 12.7 Å². The second-order valence-electron chi connectivity index (χ2n) is 2.79. The maximum absolute atomic E-state index is 11.0. The lowest BCUT2D eigenvalue weighted by Gasteiger charge is -2.22. The number of rotatable bonds is 4. The second kappa shape index (κ2) is 4.94. The molecular weight excluding hydrogens is 138 g/mol. The fourth-order valence-corrected chi connectivity index (χ4v) is 0.973. The summed E-state index contributed by atoms with van der Waals surface area (Å²) in [5.41, 5.74) is 0. The van der Waals surface area contributed by atoms with Crippen molar-refractivity contribution in [1.29, 1.82) is 0 Å². The van der Waals surface area contributed by atoms with Gasteiger partial charge in [-0.3, -0.25) is 4.79 Å². The van der Waals surface area contributed by atoms with Gasteiger partial charge in [0.15, 0.2) is 0 Å². The Morgan fingerprint density at radius 2 is 2.27 bits per heavy atom. The van der Waals surface area contributed by atoms with Crippen LogP contribution in [0.1, 0.15) is 26.7 Å². The topological polar surface area (TPSA) is 20.3 Å². The van der Waals surface area contributed by atoms with Crippen LogP contribution in [-0.4, -0.2) is 23.9 Å². The summed E-state index contributed by atoms with van der Waals surface area (Å²) in [7, 11) is 1.81. The highest BCUT2D eigenvalue weighted by molar-refractivity contribution is 5.86. The minimum Gasteiger partial charge on any atom is -0.340 e. The molecule has 0 bridgehead atoms. The highest BCUT2D eigenvalue weighted by Gasteiger charge is 2.10. The summed E-state index contributed by atoms with van der Waals surface area (Å²) in [5, 5.41) is 0. The van der Waals surface area contributed by atoms with Gasteiger partial charge >= 0.3 is 0 Å². The quantitative estimate of drug-likeness (QED) is 0.567. The van der Waals surface area contributed by atoms with E-state index in [1.165, 1.54) is 6.08 Å². The van der Waals surface area contributed by atoms with E-state index in [0.29, 0.717) is 6.04 Å². The average Bonchev–Trinajstić information content (AvgIpc) is 2.02. The Labute approximate surface area is 68.9 Å². The van der Waals surface area contributed by atoms with E-state index in [0.717, 1.165) is 12.8 Å². The van der Waals surface area contributed by atoms with E-state index < -0.39 is 0 Å². The predicted molar refractivity (Wildman–Crippen MR) is 47.3 cm³/mol. The molecule has 0 aromatic rings. The molecule has 0 heterocycles. The highest BCUT2D eigenvalue weighted by atomic mass is 16.2. The van der Waals surface area contributed by atoms with E-state index in [1.54, 1.807) is 4.90 Å². The molecule has 64 valence electrons. The molecule has 1 unspecified atom stereocenters. The number of carbonyl (C=O) groups is 1. The van der Waals surface area contributed by atoms with Crippen molar-refractivity contribution in [3.63, 3.8) is 0 Å². The fourth-order valence-electron chi connectivity index (χ4n) is 0.973. The van der Waals surface area contributed by atoms with Crippen LogP contribution in [0.5, 0.6) is 0 Å². The maximum atomic E-state index is 11.0. The molecule has 0 aromatic heterocycles. The molecule has 0 aliphatic rings. The van der Waals surface area contributed by atoms with E-state index >= 15 is 0 Å². The number of hydrogen-bond acceptors (Lipinski definition) is 1. The van der Waals surface area contributed by atoms with Gasteiger partial charge in [-0.15, -0.1) is 0 Å². The Hall–Kier alpha value is -0.790. The van der Waals surface area contributed by atoms with E-state index in [-0.39, 0.29) is 5.91 Å². The van der Waals surface area contributed by atoms with Crippen LogP contribution < -0.4 is 0 Å². The van der Waals surface area contributed by atoms with Crippen LogP contribution >= 0.6 is 0 Å². The zero-order chi connectivity index (χ0) is 8.85. The summed E-state index contributed by atoms with van der Waals surface area (Å²) in [6.45, 7) is 7.59. The molecule has 2 nitrogen and oxygen atoms in total. The number of likely N-dealkylation sites (N-methyl/N-ethyl adjacent to an activating group) is 1. The number of carbonyl (C=O) groups excluding carboxylic acids is 1. The van der Waals surface area contributed by atoms with E-state index in [1.807, 2.05) is 14.0 Å². The van der Waals surface area contributed by atoms with Crippen molar-refractivity contribution >= 4 is 5.91 Å². The summed E-state index contributed by atoms with van der Waals surface area (Å²) in [6, 6.07) is 0.325. The van der Waals surface area contributed by atoms with Crippen molar-refractivity contribution in [2.24, 2.45) is 0 Å².